The molecular weight excluding hydrogens is 232 g/mol. The fourth-order valence-corrected chi connectivity index (χ4v) is 1.89. The Balaban J connectivity index is 2.12. The van der Waals surface area contributed by atoms with Crippen LogP contribution in [0.25, 0.3) is 0 Å². The van der Waals surface area contributed by atoms with Gasteiger partial charge in [-0.05, 0) is 20.8 Å². The molecule has 1 aliphatic rings. The Kier molecular flexibility index (Phi) is 2.77. The van der Waals surface area contributed by atoms with Crippen molar-refractivity contribution in [2.75, 3.05) is 0 Å². The van der Waals surface area contributed by atoms with Crippen molar-refractivity contribution < 1.29 is 9.53 Å². The number of imidazole rings is 1. The number of amides is 1. The summed E-state index contributed by atoms with van der Waals surface area (Å²) < 4.78 is 7.03. The number of nitrogens with zero attached hydrogens (tertiary/aromatic N) is 4. The molecule has 2 rings (SSSR count). The van der Waals surface area contributed by atoms with E-state index in [1.165, 1.54) is 0 Å². The number of rotatable bonds is 0. The summed E-state index contributed by atoms with van der Waals surface area (Å²) in [5, 5.41) is 8.87. The van der Waals surface area contributed by atoms with E-state index in [4.69, 9.17) is 10.00 Å². The highest BCUT2D eigenvalue weighted by molar-refractivity contribution is 5.69. The Morgan fingerprint density at radius 2 is 2.11 bits per heavy atom. The lowest BCUT2D eigenvalue weighted by atomic mass is 10.2. The van der Waals surface area contributed by atoms with Gasteiger partial charge in [0.2, 0.25) is 5.82 Å². The highest BCUT2D eigenvalue weighted by atomic mass is 16.6. The summed E-state index contributed by atoms with van der Waals surface area (Å²) in [5.41, 5.74) is 1.18. The van der Waals surface area contributed by atoms with E-state index in [-0.39, 0.29) is 6.09 Å². The predicted molar refractivity (Wildman–Crippen MR) is 63.4 cm³/mol. The topological polar surface area (TPSA) is 71.2 Å². The minimum Gasteiger partial charge on any atom is -0.444 e. The monoisotopic (exact) mass is 248 g/mol. The summed E-state index contributed by atoms with van der Waals surface area (Å²) in [6.07, 6.45) is -0.348. The second kappa shape index (κ2) is 4.02. The van der Waals surface area contributed by atoms with E-state index in [9.17, 15) is 4.79 Å². The van der Waals surface area contributed by atoms with Crippen molar-refractivity contribution in [3.63, 3.8) is 0 Å². The second-order valence-corrected chi connectivity index (χ2v) is 5.34. The standard InChI is InChI=1S/C12H16N4O2/c1-12(2,3)18-11(17)16-6-8-9(7-16)15(4)10(5-13)14-8/h6-7H2,1-4H3. The van der Waals surface area contributed by atoms with Crippen molar-refractivity contribution in [3.05, 3.63) is 17.2 Å². The Morgan fingerprint density at radius 3 is 2.61 bits per heavy atom. The third-order valence-corrected chi connectivity index (χ3v) is 2.73. The van der Waals surface area contributed by atoms with Crippen molar-refractivity contribution >= 4 is 6.09 Å². The summed E-state index contributed by atoms with van der Waals surface area (Å²) in [6.45, 7) is 6.34. The fraction of sp³-hybridized carbons (Fsp3) is 0.583. The second-order valence-electron chi connectivity index (χ2n) is 5.34. The van der Waals surface area contributed by atoms with E-state index in [1.807, 2.05) is 26.8 Å². The first-order chi connectivity index (χ1) is 8.31. The minimum atomic E-state index is -0.503. The summed E-state index contributed by atoms with van der Waals surface area (Å²) in [4.78, 5) is 17.7. The van der Waals surface area contributed by atoms with Gasteiger partial charge in [0.1, 0.15) is 11.7 Å². The van der Waals surface area contributed by atoms with E-state index in [1.54, 1.807) is 16.5 Å². The lowest BCUT2D eigenvalue weighted by molar-refractivity contribution is 0.0237. The molecule has 0 aliphatic carbocycles. The van der Waals surface area contributed by atoms with E-state index in [0.717, 1.165) is 11.4 Å². The van der Waals surface area contributed by atoms with Gasteiger partial charge in [0, 0.05) is 7.05 Å². The van der Waals surface area contributed by atoms with Crippen LogP contribution < -0.4 is 0 Å². The van der Waals surface area contributed by atoms with Gasteiger partial charge >= 0.3 is 6.09 Å². The molecule has 0 radical (unpaired) electrons. The van der Waals surface area contributed by atoms with Crippen molar-refractivity contribution in [2.24, 2.45) is 7.05 Å². The molecule has 0 saturated carbocycles. The van der Waals surface area contributed by atoms with E-state index >= 15 is 0 Å². The number of nitriles is 1. The molecule has 1 aromatic rings. The van der Waals surface area contributed by atoms with Crippen LogP contribution >= 0.6 is 0 Å². The summed E-state index contributed by atoms with van der Waals surface area (Å²) >= 11 is 0. The molecule has 0 atom stereocenters. The third-order valence-electron chi connectivity index (χ3n) is 2.73. The molecule has 0 spiro atoms. The Hall–Kier alpha value is -2.03. The SMILES string of the molecule is Cn1c(C#N)nc2c1CN(C(=O)OC(C)(C)C)C2. The Labute approximate surface area is 106 Å². The number of ether oxygens (including phenoxy) is 1. The molecular formula is C12H16N4O2. The van der Waals surface area contributed by atoms with Crippen molar-refractivity contribution in [3.8, 4) is 6.07 Å². The number of carbonyl (C=O) groups is 1. The molecule has 1 aliphatic heterocycles. The molecule has 0 unspecified atom stereocenters. The number of hydrogen-bond acceptors (Lipinski definition) is 4. The zero-order chi connectivity index (χ0) is 13.5. The normalized spacial score (nSPS) is 14.3. The predicted octanol–water partition coefficient (Wildman–Crippen LogP) is 1.54. The average molecular weight is 248 g/mol. The van der Waals surface area contributed by atoms with Gasteiger partial charge in [-0.2, -0.15) is 5.26 Å². The highest BCUT2D eigenvalue weighted by Crippen LogP contribution is 2.24. The van der Waals surface area contributed by atoms with Gasteiger partial charge in [-0.1, -0.05) is 0 Å². The Bertz CT molecular complexity index is 533. The first-order valence-corrected chi connectivity index (χ1v) is 5.74. The zero-order valence-corrected chi connectivity index (χ0v) is 11.0. The quantitative estimate of drug-likeness (QED) is 0.698. The van der Waals surface area contributed by atoms with Crippen LogP contribution in [0.15, 0.2) is 0 Å². The average Bonchev–Trinajstić information content (AvgIpc) is 2.76. The van der Waals surface area contributed by atoms with Gasteiger partial charge in [0.05, 0.1) is 24.5 Å². The molecule has 1 amide bonds. The molecule has 6 nitrogen and oxygen atoms in total. The van der Waals surface area contributed by atoms with Crippen LogP contribution in [0.5, 0.6) is 0 Å². The fourth-order valence-electron chi connectivity index (χ4n) is 1.89. The van der Waals surface area contributed by atoms with Crippen LogP contribution in [-0.4, -0.2) is 26.1 Å². The van der Waals surface area contributed by atoms with Crippen LogP contribution in [-0.2, 0) is 24.9 Å². The first kappa shape index (κ1) is 12.4. The van der Waals surface area contributed by atoms with Gasteiger partial charge in [-0.3, -0.25) is 4.90 Å². The lowest BCUT2D eigenvalue weighted by Crippen LogP contribution is -2.33. The van der Waals surface area contributed by atoms with E-state index in [2.05, 4.69) is 4.98 Å². The molecule has 18 heavy (non-hydrogen) atoms. The van der Waals surface area contributed by atoms with Gasteiger partial charge in [-0.25, -0.2) is 9.78 Å². The molecule has 0 aromatic carbocycles. The number of carbonyl (C=O) groups excluding carboxylic acids is 1. The van der Waals surface area contributed by atoms with Crippen LogP contribution in [0.2, 0.25) is 0 Å². The van der Waals surface area contributed by atoms with Crippen molar-refractivity contribution in [1.29, 1.82) is 5.26 Å². The van der Waals surface area contributed by atoms with Gasteiger partial charge in [-0.15, -0.1) is 0 Å². The van der Waals surface area contributed by atoms with Crippen LogP contribution in [0.1, 0.15) is 38.0 Å². The molecule has 1 aromatic heterocycles. The first-order valence-electron chi connectivity index (χ1n) is 5.74. The van der Waals surface area contributed by atoms with Crippen LogP contribution in [0.3, 0.4) is 0 Å². The molecule has 0 saturated heterocycles. The molecule has 0 fully saturated rings. The zero-order valence-electron chi connectivity index (χ0n) is 11.0. The third kappa shape index (κ3) is 2.16. The largest absolute Gasteiger partial charge is 0.444 e. The van der Waals surface area contributed by atoms with Gasteiger partial charge in [0.15, 0.2) is 0 Å². The molecule has 6 heteroatoms. The van der Waals surface area contributed by atoms with E-state index in [0.29, 0.717) is 18.9 Å². The highest BCUT2D eigenvalue weighted by Gasteiger charge is 2.31. The number of aromatic nitrogens is 2. The van der Waals surface area contributed by atoms with Crippen molar-refractivity contribution in [2.45, 2.75) is 39.5 Å². The summed E-state index contributed by atoms with van der Waals surface area (Å²) in [7, 11) is 1.78. The minimum absolute atomic E-state index is 0.348. The molecule has 0 bridgehead atoms. The molecule has 2 heterocycles. The maximum atomic E-state index is 11.9. The maximum absolute atomic E-state index is 11.9. The lowest BCUT2D eigenvalue weighted by Gasteiger charge is -2.24. The molecule has 96 valence electrons. The van der Waals surface area contributed by atoms with E-state index < -0.39 is 5.60 Å². The maximum Gasteiger partial charge on any atom is 0.410 e. The van der Waals surface area contributed by atoms with Gasteiger partial charge < -0.3 is 9.30 Å². The molecule has 0 N–H and O–H groups in total. The number of hydrogen-bond donors (Lipinski definition) is 0. The number of fused-ring (bicyclic) bond motifs is 1. The smallest absolute Gasteiger partial charge is 0.410 e. The summed E-state index contributed by atoms with van der Waals surface area (Å²) in [6, 6.07) is 2.02. The summed E-state index contributed by atoms with van der Waals surface area (Å²) in [5.74, 6) is 0.379. The van der Waals surface area contributed by atoms with Crippen molar-refractivity contribution in [1.82, 2.24) is 14.5 Å². The Morgan fingerprint density at radius 1 is 1.44 bits per heavy atom. The van der Waals surface area contributed by atoms with Crippen LogP contribution in [0, 0.1) is 11.3 Å². The van der Waals surface area contributed by atoms with Gasteiger partial charge in [0.25, 0.3) is 0 Å². The van der Waals surface area contributed by atoms with Crippen LogP contribution in [0.4, 0.5) is 4.79 Å².